The van der Waals surface area contributed by atoms with Crippen molar-refractivity contribution in [1.29, 1.82) is 0 Å². The third kappa shape index (κ3) is 5.21. The Kier molecular flexibility index (Phi) is 6.57. The lowest BCUT2D eigenvalue weighted by Gasteiger charge is -2.11. The van der Waals surface area contributed by atoms with E-state index in [1.54, 1.807) is 24.3 Å². The molecule has 31 heavy (non-hydrogen) atoms. The SMILES string of the molecule is O=C(NNc1ncnc(Nc2cccc(Br)c2)c1[N+](=O)[O-])c1ccc(Cl)c([N+](=O)[O-])c1. The Hall–Kier alpha value is -3.84. The van der Waals surface area contributed by atoms with Gasteiger partial charge < -0.3 is 5.32 Å². The monoisotopic (exact) mass is 507 g/mol. The van der Waals surface area contributed by atoms with E-state index < -0.39 is 27.1 Å². The van der Waals surface area contributed by atoms with Crippen LogP contribution in [0.5, 0.6) is 0 Å². The Morgan fingerprint density at radius 3 is 2.45 bits per heavy atom. The van der Waals surface area contributed by atoms with E-state index in [9.17, 15) is 25.0 Å². The molecule has 3 N–H and O–H groups in total. The minimum Gasteiger partial charge on any atom is -0.334 e. The second kappa shape index (κ2) is 9.32. The van der Waals surface area contributed by atoms with Crippen LogP contribution in [0.15, 0.2) is 53.3 Å². The van der Waals surface area contributed by atoms with Crippen LogP contribution in [0.1, 0.15) is 10.4 Å². The average Bonchev–Trinajstić information content (AvgIpc) is 2.72. The summed E-state index contributed by atoms with van der Waals surface area (Å²) in [6.45, 7) is 0. The molecule has 1 amide bonds. The van der Waals surface area contributed by atoms with E-state index in [1.807, 2.05) is 0 Å². The van der Waals surface area contributed by atoms with Crippen molar-refractivity contribution >= 4 is 62.1 Å². The van der Waals surface area contributed by atoms with Crippen molar-refractivity contribution in [3.05, 3.63) is 84.1 Å². The third-order valence-corrected chi connectivity index (χ3v) is 4.60. The van der Waals surface area contributed by atoms with Crippen LogP contribution in [0.25, 0.3) is 0 Å². The van der Waals surface area contributed by atoms with Crippen LogP contribution in [-0.4, -0.2) is 25.7 Å². The lowest BCUT2D eigenvalue weighted by molar-refractivity contribution is -0.384. The highest BCUT2D eigenvalue weighted by atomic mass is 79.9. The van der Waals surface area contributed by atoms with Crippen molar-refractivity contribution in [3.8, 4) is 0 Å². The molecule has 1 aromatic heterocycles. The van der Waals surface area contributed by atoms with E-state index in [0.717, 1.165) is 16.9 Å². The molecule has 12 nitrogen and oxygen atoms in total. The van der Waals surface area contributed by atoms with Gasteiger partial charge in [-0.2, -0.15) is 0 Å². The fourth-order valence-corrected chi connectivity index (χ4v) is 3.01. The minimum atomic E-state index is -0.797. The molecule has 2 aromatic carbocycles. The van der Waals surface area contributed by atoms with Gasteiger partial charge in [0.05, 0.1) is 9.85 Å². The summed E-state index contributed by atoms with van der Waals surface area (Å²) >= 11 is 9.03. The van der Waals surface area contributed by atoms with Gasteiger partial charge in [0.2, 0.25) is 11.6 Å². The lowest BCUT2D eigenvalue weighted by Crippen LogP contribution is -2.30. The van der Waals surface area contributed by atoms with E-state index in [0.29, 0.717) is 5.69 Å². The number of nitrogens with one attached hydrogen (secondary N) is 3. The van der Waals surface area contributed by atoms with Gasteiger partial charge in [0.15, 0.2) is 0 Å². The highest BCUT2D eigenvalue weighted by molar-refractivity contribution is 9.10. The molecular formula is C17H11BrClN7O5. The fourth-order valence-electron chi connectivity index (χ4n) is 2.42. The maximum Gasteiger partial charge on any atom is 0.355 e. The first-order valence-electron chi connectivity index (χ1n) is 8.28. The number of amides is 1. The topological polar surface area (TPSA) is 165 Å². The molecule has 0 saturated heterocycles. The summed E-state index contributed by atoms with van der Waals surface area (Å²) in [7, 11) is 0. The molecule has 0 fully saturated rings. The maximum absolute atomic E-state index is 12.3. The second-order valence-corrected chi connectivity index (χ2v) is 7.14. The third-order valence-electron chi connectivity index (χ3n) is 3.79. The smallest absolute Gasteiger partial charge is 0.334 e. The van der Waals surface area contributed by atoms with Crippen molar-refractivity contribution in [2.24, 2.45) is 0 Å². The van der Waals surface area contributed by atoms with E-state index in [2.05, 4.69) is 42.1 Å². The highest BCUT2D eigenvalue weighted by Gasteiger charge is 2.24. The molecule has 0 aliphatic carbocycles. The van der Waals surface area contributed by atoms with Crippen molar-refractivity contribution in [2.75, 3.05) is 10.7 Å². The van der Waals surface area contributed by atoms with Crippen molar-refractivity contribution in [1.82, 2.24) is 15.4 Å². The van der Waals surface area contributed by atoms with Crippen LogP contribution in [0.3, 0.4) is 0 Å². The van der Waals surface area contributed by atoms with Gasteiger partial charge in [0.1, 0.15) is 11.3 Å². The number of benzene rings is 2. The molecule has 14 heteroatoms. The van der Waals surface area contributed by atoms with Crippen molar-refractivity contribution in [2.45, 2.75) is 0 Å². The summed E-state index contributed by atoms with van der Waals surface area (Å²) in [6, 6.07) is 10.3. The van der Waals surface area contributed by atoms with Gasteiger partial charge in [-0.1, -0.05) is 33.6 Å². The highest BCUT2D eigenvalue weighted by Crippen LogP contribution is 2.31. The number of carbonyl (C=O) groups is 1. The molecular weight excluding hydrogens is 498 g/mol. The zero-order valence-electron chi connectivity index (χ0n) is 15.2. The molecule has 1 heterocycles. The number of rotatable bonds is 7. The Morgan fingerprint density at radius 2 is 1.77 bits per heavy atom. The number of hydrogen-bond acceptors (Lipinski definition) is 9. The largest absolute Gasteiger partial charge is 0.355 e. The fraction of sp³-hybridized carbons (Fsp3) is 0. The second-order valence-electron chi connectivity index (χ2n) is 5.81. The van der Waals surface area contributed by atoms with E-state index in [4.69, 9.17) is 11.6 Å². The number of hydrogen-bond donors (Lipinski definition) is 3. The van der Waals surface area contributed by atoms with Gasteiger partial charge in [0.25, 0.3) is 11.6 Å². The number of carbonyl (C=O) groups excluding carboxylic acids is 1. The Balaban J connectivity index is 1.83. The molecule has 0 radical (unpaired) electrons. The number of anilines is 3. The number of halogens is 2. The summed E-state index contributed by atoms with van der Waals surface area (Å²) in [5.41, 5.74) is 4.02. The Labute approximate surface area is 187 Å². The molecule has 0 atom stereocenters. The van der Waals surface area contributed by atoms with Crippen LogP contribution in [0, 0.1) is 20.2 Å². The summed E-state index contributed by atoms with van der Waals surface area (Å²) in [6.07, 6.45) is 1.06. The molecule has 0 aliphatic rings. The van der Waals surface area contributed by atoms with Crippen LogP contribution < -0.4 is 16.2 Å². The van der Waals surface area contributed by atoms with Crippen LogP contribution >= 0.6 is 27.5 Å². The molecule has 0 spiro atoms. The molecule has 0 saturated carbocycles. The summed E-state index contributed by atoms with van der Waals surface area (Å²) in [4.78, 5) is 41.1. The van der Waals surface area contributed by atoms with Gasteiger partial charge in [-0.05, 0) is 30.3 Å². The number of nitro groups is 2. The number of hydrazine groups is 1. The van der Waals surface area contributed by atoms with Gasteiger partial charge >= 0.3 is 5.69 Å². The van der Waals surface area contributed by atoms with Crippen LogP contribution in [0.4, 0.5) is 28.7 Å². The van der Waals surface area contributed by atoms with Gasteiger partial charge in [0, 0.05) is 21.8 Å². The first kappa shape index (κ1) is 21.9. The van der Waals surface area contributed by atoms with Gasteiger partial charge in [-0.25, -0.2) is 9.97 Å². The predicted molar refractivity (Wildman–Crippen MR) is 115 cm³/mol. The first-order valence-corrected chi connectivity index (χ1v) is 9.45. The normalized spacial score (nSPS) is 10.3. The average molecular weight is 509 g/mol. The van der Waals surface area contributed by atoms with E-state index in [-0.39, 0.29) is 22.2 Å². The summed E-state index contributed by atoms with van der Waals surface area (Å²) < 4.78 is 0.747. The summed E-state index contributed by atoms with van der Waals surface area (Å²) in [5.74, 6) is -1.21. The van der Waals surface area contributed by atoms with Gasteiger partial charge in [-0.15, -0.1) is 0 Å². The molecule has 3 rings (SSSR count). The molecule has 158 valence electrons. The van der Waals surface area contributed by atoms with Crippen LogP contribution in [-0.2, 0) is 0 Å². The van der Waals surface area contributed by atoms with Crippen LogP contribution in [0.2, 0.25) is 5.02 Å². The van der Waals surface area contributed by atoms with Gasteiger partial charge in [-0.3, -0.25) is 35.9 Å². The lowest BCUT2D eigenvalue weighted by atomic mass is 10.2. The predicted octanol–water partition coefficient (Wildman–Crippen LogP) is 4.21. The standard InChI is InChI=1S/C17H11BrClN7O5/c18-10-2-1-3-11(7-10)22-15-14(26(30)31)16(21-8-20-15)23-24-17(27)9-4-5-12(19)13(6-9)25(28)29/h1-8H,(H,24,27)(H2,20,21,22,23). The first-order chi connectivity index (χ1) is 14.8. The molecule has 0 bridgehead atoms. The zero-order chi connectivity index (χ0) is 22.5. The van der Waals surface area contributed by atoms with Crippen molar-refractivity contribution < 1.29 is 14.6 Å². The molecule has 0 unspecified atom stereocenters. The Morgan fingerprint density at radius 1 is 1.03 bits per heavy atom. The number of aromatic nitrogens is 2. The maximum atomic E-state index is 12.3. The van der Waals surface area contributed by atoms with E-state index in [1.165, 1.54) is 12.1 Å². The van der Waals surface area contributed by atoms with E-state index >= 15 is 0 Å². The minimum absolute atomic E-state index is 0.0900. The number of nitro benzene ring substituents is 1. The zero-order valence-corrected chi connectivity index (χ0v) is 17.5. The molecule has 3 aromatic rings. The number of nitrogens with zero attached hydrogens (tertiary/aromatic N) is 4. The summed E-state index contributed by atoms with van der Waals surface area (Å²) in [5, 5.41) is 25.3. The quantitative estimate of drug-likeness (QED) is 0.313. The van der Waals surface area contributed by atoms with Crippen molar-refractivity contribution in [3.63, 3.8) is 0 Å². The molecule has 0 aliphatic heterocycles. The Bertz CT molecular complexity index is 1190.